The van der Waals surface area contributed by atoms with Gasteiger partial charge in [0.25, 0.3) is 11.8 Å². The van der Waals surface area contributed by atoms with Gasteiger partial charge in [0.15, 0.2) is 19.0 Å². The first-order valence-corrected chi connectivity index (χ1v) is 8.30. The van der Waals surface area contributed by atoms with Crippen molar-refractivity contribution in [1.29, 1.82) is 0 Å². The molecule has 0 bridgehead atoms. The quantitative estimate of drug-likeness (QED) is 0.424. The number of benzene rings is 2. The molecule has 3 rings (SSSR count). The number of aromatic nitrogens is 2. The number of amides is 1. The summed E-state index contributed by atoms with van der Waals surface area (Å²) in [6.07, 6.45) is 0. The van der Waals surface area contributed by atoms with E-state index >= 15 is 0 Å². The van der Waals surface area contributed by atoms with E-state index in [1.165, 1.54) is 18.2 Å². The highest BCUT2D eigenvalue weighted by Gasteiger charge is 2.16. The Balaban J connectivity index is 1.49. The molecule has 150 valence electrons. The molecule has 1 heterocycles. The lowest BCUT2D eigenvalue weighted by Crippen LogP contribution is -2.20. The molecular formula is C18H16N4O7. The van der Waals surface area contributed by atoms with Gasteiger partial charge in [-0.3, -0.25) is 20.2 Å². The number of nitro benzene ring substituents is 1. The zero-order chi connectivity index (χ0) is 20.6. The third-order valence-corrected chi connectivity index (χ3v) is 3.56. The highest BCUT2D eigenvalue weighted by atomic mass is 16.6. The first-order chi connectivity index (χ1) is 14.0. The van der Waals surface area contributed by atoms with Crippen LogP contribution in [-0.4, -0.2) is 34.7 Å². The van der Waals surface area contributed by atoms with Gasteiger partial charge in [0.1, 0.15) is 11.5 Å². The lowest BCUT2D eigenvalue weighted by molar-refractivity contribution is -0.386. The van der Waals surface area contributed by atoms with Gasteiger partial charge in [-0.25, -0.2) is 0 Å². The molecule has 0 atom stereocenters. The van der Waals surface area contributed by atoms with Gasteiger partial charge < -0.3 is 18.6 Å². The number of anilines is 1. The summed E-state index contributed by atoms with van der Waals surface area (Å²) in [4.78, 5) is 22.3. The van der Waals surface area contributed by atoms with Crippen molar-refractivity contribution in [2.24, 2.45) is 0 Å². The van der Waals surface area contributed by atoms with Crippen molar-refractivity contribution in [2.45, 2.75) is 6.61 Å². The molecule has 3 aromatic rings. The summed E-state index contributed by atoms with van der Waals surface area (Å²) in [6.45, 7) is -0.465. The smallest absolute Gasteiger partial charge is 0.322 e. The van der Waals surface area contributed by atoms with Gasteiger partial charge in [-0.05, 0) is 30.3 Å². The van der Waals surface area contributed by atoms with Crippen molar-refractivity contribution < 1.29 is 28.3 Å². The Labute approximate surface area is 164 Å². The number of carbonyl (C=O) groups excluding carboxylic acids is 1. The number of nitro groups is 1. The Bertz CT molecular complexity index is 988. The first-order valence-electron chi connectivity index (χ1n) is 8.30. The summed E-state index contributed by atoms with van der Waals surface area (Å²) in [5, 5.41) is 20.7. The second-order valence-electron chi connectivity index (χ2n) is 5.53. The van der Waals surface area contributed by atoms with Crippen LogP contribution >= 0.6 is 0 Å². The molecular weight excluding hydrogens is 384 g/mol. The van der Waals surface area contributed by atoms with Gasteiger partial charge in [0.05, 0.1) is 12.0 Å². The number of nitrogens with one attached hydrogen (secondary N) is 1. The normalized spacial score (nSPS) is 10.2. The van der Waals surface area contributed by atoms with Gasteiger partial charge in [-0.15, -0.1) is 5.10 Å². The van der Waals surface area contributed by atoms with E-state index in [0.717, 1.165) is 0 Å². The zero-order valence-corrected chi connectivity index (χ0v) is 15.2. The van der Waals surface area contributed by atoms with Crippen LogP contribution in [0.1, 0.15) is 5.89 Å². The van der Waals surface area contributed by atoms with Crippen molar-refractivity contribution in [2.75, 3.05) is 19.0 Å². The lowest BCUT2D eigenvalue weighted by atomic mass is 10.3. The Hall–Kier alpha value is -4.15. The van der Waals surface area contributed by atoms with Crippen molar-refractivity contribution >= 4 is 17.6 Å². The zero-order valence-electron chi connectivity index (χ0n) is 15.2. The van der Waals surface area contributed by atoms with E-state index in [2.05, 4.69) is 15.5 Å². The van der Waals surface area contributed by atoms with Gasteiger partial charge >= 0.3 is 11.7 Å². The molecule has 0 aliphatic heterocycles. The summed E-state index contributed by atoms with van der Waals surface area (Å²) in [7, 11) is 1.55. The highest BCUT2D eigenvalue weighted by Crippen LogP contribution is 2.26. The fourth-order valence-electron chi connectivity index (χ4n) is 2.21. The van der Waals surface area contributed by atoms with Crippen molar-refractivity contribution in [3.8, 4) is 17.2 Å². The molecule has 0 aliphatic carbocycles. The predicted molar refractivity (Wildman–Crippen MR) is 98.8 cm³/mol. The average Bonchev–Trinajstić information content (AvgIpc) is 3.18. The molecule has 0 fully saturated rings. The van der Waals surface area contributed by atoms with Gasteiger partial charge in [0, 0.05) is 6.07 Å². The molecule has 11 heteroatoms. The van der Waals surface area contributed by atoms with Crippen molar-refractivity contribution in [3.05, 3.63) is 64.5 Å². The minimum absolute atomic E-state index is 0.0366. The summed E-state index contributed by atoms with van der Waals surface area (Å²) in [5.41, 5.74) is -0.184. The molecule has 1 amide bonds. The highest BCUT2D eigenvalue weighted by molar-refractivity contribution is 5.89. The summed E-state index contributed by atoms with van der Waals surface area (Å²) >= 11 is 0. The summed E-state index contributed by atoms with van der Waals surface area (Å²) in [5.74, 6) is 0.757. The van der Waals surface area contributed by atoms with Crippen LogP contribution < -0.4 is 19.5 Å². The molecule has 11 nitrogen and oxygen atoms in total. The van der Waals surface area contributed by atoms with E-state index in [1.807, 2.05) is 0 Å². The Morgan fingerprint density at radius 3 is 2.55 bits per heavy atom. The number of hydrogen-bond donors (Lipinski definition) is 1. The Morgan fingerprint density at radius 2 is 1.83 bits per heavy atom. The fourth-order valence-corrected chi connectivity index (χ4v) is 2.21. The van der Waals surface area contributed by atoms with E-state index in [4.69, 9.17) is 18.6 Å². The largest absolute Gasteiger partial charge is 0.497 e. The number of methoxy groups -OCH3 is 1. The number of nitrogens with zero attached hydrogens (tertiary/aromatic N) is 3. The van der Waals surface area contributed by atoms with Crippen molar-refractivity contribution in [1.82, 2.24) is 10.2 Å². The maximum absolute atomic E-state index is 11.9. The molecule has 29 heavy (non-hydrogen) atoms. The number of carbonyl (C=O) groups is 1. The number of ether oxygens (including phenoxy) is 3. The third-order valence-electron chi connectivity index (χ3n) is 3.56. The van der Waals surface area contributed by atoms with Crippen LogP contribution in [0.3, 0.4) is 0 Å². The Morgan fingerprint density at radius 1 is 1.10 bits per heavy atom. The minimum atomic E-state index is -0.558. The fraction of sp³-hybridized carbons (Fsp3) is 0.167. The van der Waals surface area contributed by atoms with Crippen LogP contribution in [0.15, 0.2) is 52.9 Å². The van der Waals surface area contributed by atoms with Crippen LogP contribution in [0.25, 0.3) is 0 Å². The monoisotopic (exact) mass is 400 g/mol. The summed E-state index contributed by atoms with van der Waals surface area (Å²) < 4.78 is 21.0. The van der Waals surface area contributed by atoms with Crippen LogP contribution in [0.2, 0.25) is 0 Å². The molecule has 0 saturated heterocycles. The van der Waals surface area contributed by atoms with Crippen LogP contribution in [0.4, 0.5) is 11.7 Å². The molecule has 0 saturated carbocycles. The SMILES string of the molecule is COc1ccc(OCC(=O)Nc2nnc(COc3ccccc3[N+](=O)[O-])o2)cc1. The first kappa shape index (κ1) is 19.6. The van der Waals surface area contributed by atoms with E-state index in [1.54, 1.807) is 37.4 Å². The Kier molecular flexibility index (Phi) is 6.20. The van der Waals surface area contributed by atoms with Crippen LogP contribution in [0, 0.1) is 10.1 Å². The molecule has 0 unspecified atom stereocenters. The molecule has 0 aliphatic rings. The second-order valence-corrected chi connectivity index (χ2v) is 5.53. The number of para-hydroxylation sites is 2. The number of rotatable bonds is 9. The topological polar surface area (TPSA) is 139 Å². The van der Waals surface area contributed by atoms with Crippen molar-refractivity contribution in [3.63, 3.8) is 0 Å². The van der Waals surface area contributed by atoms with Crippen LogP contribution in [-0.2, 0) is 11.4 Å². The standard InChI is InChI=1S/C18H16N4O7/c1-26-12-6-8-13(9-7-12)27-10-16(23)19-18-21-20-17(29-18)11-28-15-5-3-2-4-14(15)22(24)25/h2-9H,10-11H2,1H3,(H,19,21,23). The molecule has 1 aromatic heterocycles. The third kappa shape index (κ3) is 5.42. The predicted octanol–water partition coefficient (Wildman–Crippen LogP) is 2.58. The maximum atomic E-state index is 11.9. The molecule has 2 aromatic carbocycles. The van der Waals surface area contributed by atoms with E-state index in [-0.39, 0.29) is 36.6 Å². The van der Waals surface area contributed by atoms with E-state index < -0.39 is 10.8 Å². The number of hydrogen-bond acceptors (Lipinski definition) is 9. The summed E-state index contributed by atoms with van der Waals surface area (Å²) in [6, 6.07) is 12.5. The average molecular weight is 400 g/mol. The lowest BCUT2D eigenvalue weighted by Gasteiger charge is -2.06. The van der Waals surface area contributed by atoms with E-state index in [0.29, 0.717) is 11.5 Å². The van der Waals surface area contributed by atoms with E-state index in [9.17, 15) is 14.9 Å². The molecule has 0 spiro atoms. The molecule has 1 N–H and O–H groups in total. The van der Waals surface area contributed by atoms with Gasteiger partial charge in [-0.2, -0.15) is 0 Å². The maximum Gasteiger partial charge on any atom is 0.322 e. The minimum Gasteiger partial charge on any atom is -0.497 e. The van der Waals surface area contributed by atoms with Crippen LogP contribution in [0.5, 0.6) is 17.2 Å². The van der Waals surface area contributed by atoms with Gasteiger partial charge in [0.2, 0.25) is 0 Å². The second kappa shape index (κ2) is 9.17. The molecule has 0 radical (unpaired) electrons. The van der Waals surface area contributed by atoms with Gasteiger partial charge in [-0.1, -0.05) is 17.2 Å².